The Balaban J connectivity index is 1.91. The molecule has 0 radical (unpaired) electrons. The van der Waals surface area contributed by atoms with Gasteiger partial charge in [-0.2, -0.15) is 0 Å². The SMILES string of the molecule is CC(NCC(O)c1ccco1)c1ccc(S(C)=O)cc1. The second-order valence-corrected chi connectivity index (χ2v) is 6.06. The largest absolute Gasteiger partial charge is 0.467 e. The maximum Gasteiger partial charge on any atom is 0.133 e. The van der Waals surface area contributed by atoms with Gasteiger partial charge in [0.1, 0.15) is 11.9 Å². The Morgan fingerprint density at radius 3 is 2.55 bits per heavy atom. The van der Waals surface area contributed by atoms with Gasteiger partial charge in [-0.15, -0.1) is 0 Å². The molecule has 0 saturated carbocycles. The molecule has 20 heavy (non-hydrogen) atoms. The molecule has 1 heterocycles. The van der Waals surface area contributed by atoms with Crippen molar-refractivity contribution in [2.24, 2.45) is 0 Å². The van der Waals surface area contributed by atoms with Crippen molar-refractivity contribution in [3.8, 4) is 0 Å². The van der Waals surface area contributed by atoms with Crippen LogP contribution in [0, 0.1) is 0 Å². The van der Waals surface area contributed by atoms with E-state index in [1.807, 2.05) is 31.2 Å². The van der Waals surface area contributed by atoms with Crippen LogP contribution in [0.4, 0.5) is 0 Å². The zero-order valence-electron chi connectivity index (χ0n) is 11.6. The molecule has 0 spiro atoms. The summed E-state index contributed by atoms with van der Waals surface area (Å²) in [7, 11) is -0.955. The van der Waals surface area contributed by atoms with Crippen LogP contribution < -0.4 is 5.32 Å². The molecule has 5 heteroatoms. The van der Waals surface area contributed by atoms with Crippen molar-refractivity contribution in [1.82, 2.24) is 5.32 Å². The zero-order valence-corrected chi connectivity index (χ0v) is 12.4. The summed E-state index contributed by atoms with van der Waals surface area (Å²) in [5.41, 5.74) is 1.09. The molecule has 0 fully saturated rings. The molecule has 0 aliphatic carbocycles. The van der Waals surface area contributed by atoms with E-state index in [2.05, 4.69) is 5.32 Å². The molecule has 3 atom stereocenters. The van der Waals surface area contributed by atoms with E-state index in [0.717, 1.165) is 10.5 Å². The Labute approximate surface area is 121 Å². The topological polar surface area (TPSA) is 62.5 Å². The molecule has 108 valence electrons. The van der Waals surface area contributed by atoms with E-state index in [9.17, 15) is 9.32 Å². The van der Waals surface area contributed by atoms with Crippen LogP contribution >= 0.6 is 0 Å². The van der Waals surface area contributed by atoms with Crippen molar-refractivity contribution in [2.45, 2.75) is 24.0 Å². The van der Waals surface area contributed by atoms with Gasteiger partial charge in [0, 0.05) is 34.5 Å². The fourth-order valence-corrected chi connectivity index (χ4v) is 2.46. The van der Waals surface area contributed by atoms with Crippen LogP contribution in [-0.2, 0) is 10.8 Å². The lowest BCUT2D eigenvalue weighted by Crippen LogP contribution is -2.24. The number of nitrogens with one attached hydrogen (secondary N) is 1. The number of benzene rings is 1. The van der Waals surface area contributed by atoms with Gasteiger partial charge in [0.05, 0.1) is 6.26 Å². The van der Waals surface area contributed by atoms with Crippen LogP contribution in [0.25, 0.3) is 0 Å². The van der Waals surface area contributed by atoms with E-state index in [1.54, 1.807) is 24.7 Å². The van der Waals surface area contributed by atoms with Gasteiger partial charge in [-0.1, -0.05) is 12.1 Å². The van der Waals surface area contributed by atoms with Gasteiger partial charge in [-0.25, -0.2) is 0 Å². The Kier molecular flexibility index (Phi) is 5.11. The second kappa shape index (κ2) is 6.83. The summed E-state index contributed by atoms with van der Waals surface area (Å²) in [5, 5.41) is 13.2. The van der Waals surface area contributed by atoms with E-state index < -0.39 is 16.9 Å². The second-order valence-electron chi connectivity index (χ2n) is 4.68. The van der Waals surface area contributed by atoms with Gasteiger partial charge in [0.25, 0.3) is 0 Å². The Morgan fingerprint density at radius 1 is 1.30 bits per heavy atom. The number of rotatable bonds is 6. The third kappa shape index (κ3) is 3.79. The van der Waals surface area contributed by atoms with E-state index in [0.29, 0.717) is 12.3 Å². The summed E-state index contributed by atoms with van der Waals surface area (Å²) in [6.07, 6.45) is 2.55. The first kappa shape index (κ1) is 15.0. The molecule has 0 aliphatic rings. The lowest BCUT2D eigenvalue weighted by atomic mass is 10.1. The molecule has 2 aromatic rings. The lowest BCUT2D eigenvalue weighted by molar-refractivity contribution is 0.144. The molecule has 2 rings (SSSR count). The Hall–Kier alpha value is -1.43. The summed E-state index contributed by atoms with van der Waals surface area (Å²) in [6, 6.07) is 11.2. The fourth-order valence-electron chi connectivity index (χ4n) is 1.94. The van der Waals surface area contributed by atoms with Crippen molar-refractivity contribution < 1.29 is 13.7 Å². The van der Waals surface area contributed by atoms with Gasteiger partial charge >= 0.3 is 0 Å². The quantitative estimate of drug-likeness (QED) is 0.858. The minimum absolute atomic E-state index is 0.0963. The van der Waals surface area contributed by atoms with Crippen LogP contribution in [0.5, 0.6) is 0 Å². The molecule has 0 amide bonds. The zero-order chi connectivity index (χ0) is 14.5. The fraction of sp³-hybridized carbons (Fsp3) is 0.333. The van der Waals surface area contributed by atoms with Crippen molar-refractivity contribution in [1.29, 1.82) is 0 Å². The van der Waals surface area contributed by atoms with E-state index in [4.69, 9.17) is 4.42 Å². The average molecular weight is 293 g/mol. The van der Waals surface area contributed by atoms with Crippen LogP contribution in [0.2, 0.25) is 0 Å². The summed E-state index contributed by atoms with van der Waals surface area (Å²) < 4.78 is 16.5. The molecule has 1 aromatic heterocycles. The Morgan fingerprint density at radius 2 is 2.00 bits per heavy atom. The minimum atomic E-state index is -0.955. The first-order chi connectivity index (χ1) is 9.58. The first-order valence-electron chi connectivity index (χ1n) is 6.46. The number of hydrogen-bond acceptors (Lipinski definition) is 4. The summed E-state index contributed by atoms with van der Waals surface area (Å²) in [5.74, 6) is 0.557. The van der Waals surface area contributed by atoms with Gasteiger partial charge in [-0.3, -0.25) is 4.21 Å². The minimum Gasteiger partial charge on any atom is -0.467 e. The van der Waals surface area contributed by atoms with Crippen LogP contribution in [0.3, 0.4) is 0 Å². The molecular weight excluding hydrogens is 274 g/mol. The third-order valence-corrected chi connectivity index (χ3v) is 4.14. The third-order valence-electron chi connectivity index (χ3n) is 3.20. The van der Waals surface area contributed by atoms with E-state index >= 15 is 0 Å². The molecule has 2 N–H and O–H groups in total. The van der Waals surface area contributed by atoms with Crippen molar-refractivity contribution >= 4 is 10.8 Å². The molecule has 4 nitrogen and oxygen atoms in total. The summed E-state index contributed by atoms with van der Waals surface area (Å²) in [6.45, 7) is 2.43. The van der Waals surface area contributed by atoms with Gasteiger partial charge in [0.15, 0.2) is 0 Å². The summed E-state index contributed by atoms with van der Waals surface area (Å²) >= 11 is 0. The molecule has 0 saturated heterocycles. The van der Waals surface area contributed by atoms with Gasteiger partial charge in [0.2, 0.25) is 0 Å². The predicted octanol–water partition coefficient (Wildman–Crippen LogP) is 2.40. The smallest absolute Gasteiger partial charge is 0.133 e. The molecule has 3 unspecified atom stereocenters. The predicted molar refractivity (Wildman–Crippen MR) is 78.9 cm³/mol. The van der Waals surface area contributed by atoms with Gasteiger partial charge in [-0.05, 0) is 36.8 Å². The lowest BCUT2D eigenvalue weighted by Gasteiger charge is -2.16. The highest BCUT2D eigenvalue weighted by Gasteiger charge is 2.12. The maximum atomic E-state index is 11.3. The summed E-state index contributed by atoms with van der Waals surface area (Å²) in [4.78, 5) is 0.816. The monoisotopic (exact) mass is 293 g/mol. The van der Waals surface area contributed by atoms with E-state index in [1.165, 1.54) is 0 Å². The number of aliphatic hydroxyl groups is 1. The number of furan rings is 1. The molecule has 0 aliphatic heterocycles. The van der Waals surface area contributed by atoms with Gasteiger partial charge < -0.3 is 14.8 Å². The van der Waals surface area contributed by atoms with Crippen molar-refractivity contribution in [3.05, 3.63) is 54.0 Å². The van der Waals surface area contributed by atoms with Crippen LogP contribution in [0.1, 0.15) is 30.4 Å². The Bertz CT molecular complexity index is 551. The molecule has 1 aromatic carbocycles. The van der Waals surface area contributed by atoms with Crippen LogP contribution in [0.15, 0.2) is 52.0 Å². The van der Waals surface area contributed by atoms with Crippen molar-refractivity contribution in [3.63, 3.8) is 0 Å². The normalized spacial score (nSPS) is 15.8. The average Bonchev–Trinajstić information content (AvgIpc) is 2.98. The van der Waals surface area contributed by atoms with Crippen LogP contribution in [-0.4, -0.2) is 22.1 Å². The standard InChI is InChI=1S/C15H19NO3S/c1-11(12-5-7-13(8-6-12)20(2)18)16-10-14(17)15-4-3-9-19-15/h3-9,11,14,16-17H,10H2,1-2H3. The van der Waals surface area contributed by atoms with Crippen molar-refractivity contribution in [2.75, 3.05) is 12.8 Å². The molecular formula is C15H19NO3S. The highest BCUT2D eigenvalue weighted by atomic mass is 32.2. The number of hydrogen-bond donors (Lipinski definition) is 2. The first-order valence-corrected chi connectivity index (χ1v) is 8.02. The highest BCUT2D eigenvalue weighted by molar-refractivity contribution is 7.84. The maximum absolute atomic E-state index is 11.3. The highest BCUT2D eigenvalue weighted by Crippen LogP contribution is 2.17. The molecule has 0 bridgehead atoms. The number of aliphatic hydroxyl groups excluding tert-OH is 1. The van der Waals surface area contributed by atoms with E-state index in [-0.39, 0.29) is 6.04 Å².